The summed E-state index contributed by atoms with van der Waals surface area (Å²) in [5, 5.41) is 4.53. The van der Waals surface area contributed by atoms with Gasteiger partial charge in [-0.2, -0.15) is 9.67 Å². The Kier molecular flexibility index (Phi) is 3.45. The Balaban J connectivity index is 1.91. The molecule has 3 rings (SSSR count). The molecule has 1 fully saturated rings. The van der Waals surface area contributed by atoms with Crippen LogP contribution in [0.1, 0.15) is 19.3 Å². The number of hydrogen-bond donors (Lipinski definition) is 1. The van der Waals surface area contributed by atoms with Crippen LogP contribution in [0.2, 0.25) is 0 Å². The van der Waals surface area contributed by atoms with Gasteiger partial charge in [-0.1, -0.05) is 6.07 Å². The molecule has 2 N–H and O–H groups in total. The number of nitrogens with zero attached hydrogens (tertiary/aromatic N) is 4. The minimum atomic E-state index is 0.402. The fraction of sp³-hybridized carbons (Fsp3) is 0.429. The number of ether oxygens (including phenoxy) is 1. The first kappa shape index (κ1) is 12.8. The second kappa shape index (κ2) is 5.40. The van der Waals surface area contributed by atoms with Crippen molar-refractivity contribution in [3.63, 3.8) is 0 Å². The first-order valence-corrected chi connectivity index (χ1v) is 6.90. The van der Waals surface area contributed by atoms with Crippen molar-refractivity contribution in [1.29, 1.82) is 0 Å². The maximum atomic E-state index is 5.99. The van der Waals surface area contributed by atoms with E-state index in [4.69, 9.17) is 10.5 Å². The first-order valence-electron chi connectivity index (χ1n) is 6.90. The highest BCUT2D eigenvalue weighted by atomic mass is 16.5. The molecule has 0 amide bonds. The van der Waals surface area contributed by atoms with Gasteiger partial charge >= 0.3 is 0 Å². The molecule has 1 aromatic carbocycles. The molecule has 0 unspecified atom stereocenters. The third-order valence-corrected chi connectivity index (χ3v) is 3.56. The van der Waals surface area contributed by atoms with Gasteiger partial charge in [-0.25, -0.2) is 0 Å². The van der Waals surface area contributed by atoms with Crippen LogP contribution < -0.4 is 15.4 Å². The predicted octanol–water partition coefficient (Wildman–Crippen LogP) is 1.85. The zero-order valence-corrected chi connectivity index (χ0v) is 11.6. The summed E-state index contributed by atoms with van der Waals surface area (Å²) in [6, 6.07) is 7.64. The van der Waals surface area contributed by atoms with Crippen LogP contribution in [0.15, 0.2) is 24.3 Å². The third kappa shape index (κ3) is 2.41. The van der Waals surface area contributed by atoms with Crippen molar-refractivity contribution in [1.82, 2.24) is 14.8 Å². The number of rotatable bonds is 3. The summed E-state index contributed by atoms with van der Waals surface area (Å²) in [4.78, 5) is 6.57. The number of nitrogen functional groups attached to an aromatic ring is 1. The molecule has 0 saturated carbocycles. The number of anilines is 2. The SMILES string of the molecule is COc1cccc(-n2nc(N3CCCCC3)nc2N)c1. The Labute approximate surface area is 118 Å². The Bertz CT molecular complexity index is 589. The Morgan fingerprint density at radius 1 is 1.20 bits per heavy atom. The highest BCUT2D eigenvalue weighted by Gasteiger charge is 2.17. The van der Waals surface area contributed by atoms with Crippen molar-refractivity contribution in [3.8, 4) is 11.4 Å². The van der Waals surface area contributed by atoms with Gasteiger partial charge < -0.3 is 15.4 Å². The average molecular weight is 273 g/mol. The van der Waals surface area contributed by atoms with Crippen LogP contribution >= 0.6 is 0 Å². The van der Waals surface area contributed by atoms with Crippen LogP contribution in [0.5, 0.6) is 5.75 Å². The fourth-order valence-corrected chi connectivity index (χ4v) is 2.47. The Morgan fingerprint density at radius 2 is 2.00 bits per heavy atom. The van der Waals surface area contributed by atoms with E-state index in [1.165, 1.54) is 19.3 Å². The molecule has 6 heteroatoms. The molecular weight excluding hydrogens is 254 g/mol. The molecule has 0 aliphatic carbocycles. The second-order valence-corrected chi connectivity index (χ2v) is 4.93. The summed E-state index contributed by atoms with van der Waals surface area (Å²) >= 11 is 0. The molecule has 1 aromatic heterocycles. The maximum Gasteiger partial charge on any atom is 0.246 e. The van der Waals surface area contributed by atoms with Crippen LogP contribution in [0.4, 0.5) is 11.9 Å². The van der Waals surface area contributed by atoms with Crippen molar-refractivity contribution < 1.29 is 4.74 Å². The standard InChI is InChI=1S/C14H19N5O/c1-20-12-7-5-6-11(10-12)19-13(15)16-14(17-19)18-8-3-2-4-9-18/h5-7,10H,2-4,8-9H2,1H3,(H2,15,16,17). The summed E-state index contributed by atoms with van der Waals surface area (Å²) < 4.78 is 6.89. The predicted molar refractivity (Wildman–Crippen MR) is 78.4 cm³/mol. The minimum Gasteiger partial charge on any atom is -0.497 e. The Hall–Kier alpha value is -2.24. The monoisotopic (exact) mass is 273 g/mol. The molecule has 1 saturated heterocycles. The summed E-state index contributed by atoms with van der Waals surface area (Å²) in [5.41, 5.74) is 6.85. The largest absolute Gasteiger partial charge is 0.497 e. The summed E-state index contributed by atoms with van der Waals surface area (Å²) in [5.74, 6) is 1.89. The lowest BCUT2D eigenvalue weighted by Gasteiger charge is -2.24. The van der Waals surface area contributed by atoms with Gasteiger partial charge in [-0.3, -0.25) is 0 Å². The van der Waals surface area contributed by atoms with E-state index in [-0.39, 0.29) is 0 Å². The van der Waals surface area contributed by atoms with E-state index in [9.17, 15) is 0 Å². The van der Waals surface area contributed by atoms with E-state index in [0.717, 1.165) is 24.5 Å². The zero-order valence-electron chi connectivity index (χ0n) is 11.6. The molecule has 20 heavy (non-hydrogen) atoms. The highest BCUT2D eigenvalue weighted by Crippen LogP contribution is 2.22. The van der Waals surface area contributed by atoms with E-state index < -0.39 is 0 Å². The smallest absolute Gasteiger partial charge is 0.246 e. The molecule has 106 valence electrons. The van der Waals surface area contributed by atoms with Crippen molar-refractivity contribution in [3.05, 3.63) is 24.3 Å². The fourth-order valence-electron chi connectivity index (χ4n) is 2.47. The topological polar surface area (TPSA) is 69.2 Å². The van der Waals surface area contributed by atoms with Crippen LogP contribution in [0.3, 0.4) is 0 Å². The minimum absolute atomic E-state index is 0.402. The normalized spacial score (nSPS) is 15.3. The lowest BCUT2D eigenvalue weighted by atomic mass is 10.1. The van der Waals surface area contributed by atoms with Crippen molar-refractivity contribution in [2.45, 2.75) is 19.3 Å². The van der Waals surface area contributed by atoms with Gasteiger partial charge in [0.15, 0.2) is 0 Å². The van der Waals surface area contributed by atoms with Gasteiger partial charge in [0.25, 0.3) is 0 Å². The van der Waals surface area contributed by atoms with Crippen molar-refractivity contribution in [2.75, 3.05) is 30.8 Å². The molecule has 1 aliphatic heterocycles. The van der Waals surface area contributed by atoms with Crippen molar-refractivity contribution in [2.24, 2.45) is 0 Å². The van der Waals surface area contributed by atoms with E-state index in [0.29, 0.717) is 11.9 Å². The van der Waals surface area contributed by atoms with Gasteiger partial charge in [0, 0.05) is 19.2 Å². The molecule has 6 nitrogen and oxygen atoms in total. The van der Waals surface area contributed by atoms with E-state index >= 15 is 0 Å². The number of benzene rings is 1. The first-order chi connectivity index (χ1) is 9.78. The van der Waals surface area contributed by atoms with E-state index in [1.807, 2.05) is 24.3 Å². The number of nitrogens with two attached hydrogens (primary N) is 1. The molecule has 1 aliphatic rings. The average Bonchev–Trinajstić information content (AvgIpc) is 2.90. The van der Waals surface area contributed by atoms with E-state index in [2.05, 4.69) is 15.0 Å². The second-order valence-electron chi connectivity index (χ2n) is 4.93. The Morgan fingerprint density at radius 3 is 2.75 bits per heavy atom. The van der Waals surface area contributed by atoms with Crippen LogP contribution in [0, 0.1) is 0 Å². The van der Waals surface area contributed by atoms with Gasteiger partial charge in [-0.15, -0.1) is 5.10 Å². The quantitative estimate of drug-likeness (QED) is 0.924. The van der Waals surface area contributed by atoms with Gasteiger partial charge in [0.05, 0.1) is 12.8 Å². The number of hydrogen-bond acceptors (Lipinski definition) is 5. The van der Waals surface area contributed by atoms with Gasteiger partial charge in [0.2, 0.25) is 11.9 Å². The number of methoxy groups -OCH3 is 1. The molecule has 0 bridgehead atoms. The molecular formula is C14H19N5O. The highest BCUT2D eigenvalue weighted by molar-refractivity contribution is 5.46. The summed E-state index contributed by atoms with van der Waals surface area (Å²) in [6.45, 7) is 2.00. The zero-order chi connectivity index (χ0) is 13.9. The summed E-state index contributed by atoms with van der Waals surface area (Å²) in [7, 11) is 1.64. The van der Waals surface area contributed by atoms with Crippen LogP contribution in [-0.4, -0.2) is 35.0 Å². The molecule has 0 atom stereocenters. The molecule has 0 spiro atoms. The van der Waals surface area contributed by atoms with Crippen LogP contribution in [-0.2, 0) is 0 Å². The molecule has 2 aromatic rings. The lowest BCUT2D eigenvalue weighted by Crippen LogP contribution is -2.30. The van der Waals surface area contributed by atoms with Crippen molar-refractivity contribution >= 4 is 11.9 Å². The maximum absolute atomic E-state index is 5.99. The van der Waals surface area contributed by atoms with Gasteiger partial charge in [0.1, 0.15) is 5.75 Å². The number of aromatic nitrogens is 3. The lowest BCUT2D eigenvalue weighted by molar-refractivity contribution is 0.414. The summed E-state index contributed by atoms with van der Waals surface area (Å²) in [6.07, 6.45) is 3.66. The number of piperidine rings is 1. The third-order valence-electron chi connectivity index (χ3n) is 3.56. The molecule has 2 heterocycles. The van der Waals surface area contributed by atoms with Gasteiger partial charge in [-0.05, 0) is 31.4 Å². The molecule has 0 radical (unpaired) electrons. The van der Waals surface area contributed by atoms with E-state index in [1.54, 1.807) is 11.8 Å². The van der Waals surface area contributed by atoms with Crippen LogP contribution in [0.25, 0.3) is 5.69 Å².